The zero-order valence-electron chi connectivity index (χ0n) is 9.87. The van der Waals surface area contributed by atoms with Crippen LogP contribution in [0.15, 0.2) is 30.9 Å². The number of hydrogen-bond acceptors (Lipinski definition) is 3. The van der Waals surface area contributed by atoms with Crippen LogP contribution in [0, 0.1) is 6.92 Å². The van der Waals surface area contributed by atoms with Gasteiger partial charge in [-0.05, 0) is 57.0 Å². The third-order valence-electron chi connectivity index (χ3n) is 2.39. The van der Waals surface area contributed by atoms with Gasteiger partial charge in [0.15, 0.2) is 0 Å². The van der Waals surface area contributed by atoms with Gasteiger partial charge in [-0.1, -0.05) is 0 Å². The largest absolute Gasteiger partial charge is 0.464 e. The maximum absolute atomic E-state index is 12.2. The van der Waals surface area contributed by atoms with Gasteiger partial charge >= 0.3 is 0 Å². The molecule has 2 aromatic rings. The number of carbonyl (C=O) groups excluding carboxylic acids is 1. The van der Waals surface area contributed by atoms with Crippen LogP contribution in [-0.4, -0.2) is 17.9 Å². The molecule has 0 spiro atoms. The van der Waals surface area contributed by atoms with Gasteiger partial charge in [-0.25, -0.2) is 0 Å². The number of halogens is 2. The molecule has 0 aliphatic rings. The Morgan fingerprint density at radius 1 is 1.44 bits per heavy atom. The Hall–Kier alpha value is -0.590. The molecule has 0 atom stereocenters. The van der Waals surface area contributed by atoms with Crippen molar-refractivity contribution >= 4 is 49.1 Å². The van der Waals surface area contributed by atoms with Crippen LogP contribution in [-0.2, 0) is 6.54 Å². The summed E-state index contributed by atoms with van der Waals surface area (Å²) in [4.78, 5) is 14.5. The lowest BCUT2D eigenvalue weighted by Crippen LogP contribution is -2.25. The van der Waals surface area contributed by atoms with Crippen molar-refractivity contribution < 1.29 is 9.21 Å². The molecule has 0 saturated heterocycles. The third kappa shape index (κ3) is 3.05. The third-order valence-corrected chi connectivity index (χ3v) is 5.64. The summed E-state index contributed by atoms with van der Waals surface area (Å²) in [7, 11) is 1.77. The molecule has 0 aromatic carbocycles. The first-order valence-corrected chi connectivity index (χ1v) is 7.63. The molecule has 0 bridgehead atoms. The van der Waals surface area contributed by atoms with Crippen LogP contribution in [0.2, 0.25) is 0 Å². The fourth-order valence-corrected chi connectivity index (χ4v) is 3.55. The van der Waals surface area contributed by atoms with E-state index in [4.69, 9.17) is 4.42 Å². The minimum absolute atomic E-state index is 0.0135. The second kappa shape index (κ2) is 5.59. The van der Waals surface area contributed by atoms with Crippen molar-refractivity contribution in [3.8, 4) is 0 Å². The van der Waals surface area contributed by atoms with Crippen LogP contribution >= 0.6 is 43.2 Å². The smallest absolute Gasteiger partial charge is 0.264 e. The van der Waals surface area contributed by atoms with E-state index in [0.29, 0.717) is 11.4 Å². The molecule has 2 aromatic heterocycles. The molecule has 3 nitrogen and oxygen atoms in total. The standard InChI is InChI=1S/C12H11Br2NO2S/c1-7-3-4-8(17-7)6-15(2)12(16)10-5-9(13)11(14)18-10/h3-5H,6H2,1-2H3. The second-order valence-corrected chi connectivity index (χ2v) is 7.13. The van der Waals surface area contributed by atoms with Gasteiger partial charge in [0.25, 0.3) is 5.91 Å². The van der Waals surface area contributed by atoms with Crippen LogP contribution in [0.1, 0.15) is 21.2 Å². The highest BCUT2D eigenvalue weighted by Gasteiger charge is 2.17. The van der Waals surface area contributed by atoms with Gasteiger partial charge in [-0.2, -0.15) is 0 Å². The molecule has 0 aliphatic heterocycles. The Kier molecular flexibility index (Phi) is 4.29. The van der Waals surface area contributed by atoms with E-state index in [1.165, 1.54) is 11.3 Å². The zero-order chi connectivity index (χ0) is 13.3. The van der Waals surface area contributed by atoms with Crippen molar-refractivity contribution in [1.82, 2.24) is 4.90 Å². The molecule has 0 fully saturated rings. The Bertz CT molecular complexity index is 557. The highest BCUT2D eigenvalue weighted by molar-refractivity contribution is 9.13. The molecular formula is C12H11Br2NO2S. The second-order valence-electron chi connectivity index (χ2n) is 3.91. The first-order valence-electron chi connectivity index (χ1n) is 5.23. The monoisotopic (exact) mass is 391 g/mol. The summed E-state index contributed by atoms with van der Waals surface area (Å²) in [5.74, 6) is 1.63. The van der Waals surface area contributed by atoms with E-state index in [9.17, 15) is 4.79 Å². The number of thiophene rings is 1. The number of amides is 1. The van der Waals surface area contributed by atoms with Gasteiger partial charge in [0.2, 0.25) is 0 Å². The number of rotatable bonds is 3. The van der Waals surface area contributed by atoms with Crippen molar-refractivity contribution in [3.05, 3.63) is 42.9 Å². The maximum atomic E-state index is 12.2. The Morgan fingerprint density at radius 3 is 2.67 bits per heavy atom. The number of furan rings is 1. The van der Waals surface area contributed by atoms with Gasteiger partial charge in [-0.3, -0.25) is 4.79 Å². The minimum Gasteiger partial charge on any atom is -0.464 e. The topological polar surface area (TPSA) is 33.5 Å². The molecular weight excluding hydrogens is 382 g/mol. The Morgan fingerprint density at radius 2 is 2.17 bits per heavy atom. The molecule has 2 rings (SSSR count). The van der Waals surface area contributed by atoms with Gasteiger partial charge < -0.3 is 9.32 Å². The highest BCUT2D eigenvalue weighted by atomic mass is 79.9. The molecule has 0 unspecified atom stereocenters. The summed E-state index contributed by atoms with van der Waals surface area (Å²) in [5, 5.41) is 0. The van der Waals surface area contributed by atoms with Crippen molar-refractivity contribution in [2.75, 3.05) is 7.05 Å². The summed E-state index contributed by atoms with van der Waals surface area (Å²) in [6, 6.07) is 5.60. The first-order chi connectivity index (χ1) is 8.47. The lowest BCUT2D eigenvalue weighted by atomic mass is 10.3. The summed E-state index contributed by atoms with van der Waals surface area (Å²) in [5.41, 5.74) is 0. The fourth-order valence-electron chi connectivity index (χ4n) is 1.52. The molecule has 0 aliphatic carbocycles. The number of nitrogens with zero attached hydrogens (tertiary/aromatic N) is 1. The Balaban J connectivity index is 2.09. The lowest BCUT2D eigenvalue weighted by molar-refractivity contribution is 0.0780. The number of hydrogen-bond donors (Lipinski definition) is 0. The quantitative estimate of drug-likeness (QED) is 0.773. The van der Waals surface area contributed by atoms with E-state index < -0.39 is 0 Å². The molecule has 0 N–H and O–H groups in total. The Labute approximate surface area is 126 Å². The summed E-state index contributed by atoms with van der Waals surface area (Å²) in [6.45, 7) is 2.36. The van der Waals surface area contributed by atoms with Gasteiger partial charge in [0.1, 0.15) is 11.5 Å². The van der Waals surface area contributed by atoms with Crippen LogP contribution in [0.4, 0.5) is 0 Å². The minimum atomic E-state index is -0.0135. The number of aryl methyl sites for hydroxylation is 1. The summed E-state index contributed by atoms with van der Waals surface area (Å²) < 4.78 is 7.29. The zero-order valence-corrected chi connectivity index (χ0v) is 13.9. The predicted octanol–water partition coefficient (Wildman–Crippen LogP) is 4.45. The number of carbonyl (C=O) groups is 1. The fraction of sp³-hybridized carbons (Fsp3) is 0.250. The van der Waals surface area contributed by atoms with E-state index in [0.717, 1.165) is 19.8 Å². The molecule has 0 saturated carbocycles. The SMILES string of the molecule is Cc1ccc(CN(C)C(=O)c2cc(Br)c(Br)s2)o1. The van der Waals surface area contributed by atoms with Crippen molar-refractivity contribution in [2.24, 2.45) is 0 Å². The summed E-state index contributed by atoms with van der Waals surface area (Å²) in [6.07, 6.45) is 0. The van der Waals surface area contributed by atoms with E-state index in [2.05, 4.69) is 31.9 Å². The van der Waals surface area contributed by atoms with E-state index in [-0.39, 0.29) is 5.91 Å². The van der Waals surface area contributed by atoms with Crippen molar-refractivity contribution in [3.63, 3.8) is 0 Å². The molecule has 1 amide bonds. The van der Waals surface area contributed by atoms with Crippen LogP contribution in [0.5, 0.6) is 0 Å². The molecule has 2 heterocycles. The van der Waals surface area contributed by atoms with E-state index >= 15 is 0 Å². The average Bonchev–Trinajstić information content (AvgIpc) is 2.85. The maximum Gasteiger partial charge on any atom is 0.264 e. The average molecular weight is 393 g/mol. The van der Waals surface area contributed by atoms with Crippen LogP contribution in [0.25, 0.3) is 0 Å². The van der Waals surface area contributed by atoms with Crippen LogP contribution < -0.4 is 0 Å². The highest BCUT2D eigenvalue weighted by Crippen LogP contribution is 2.33. The molecule has 0 radical (unpaired) electrons. The molecule has 6 heteroatoms. The summed E-state index contributed by atoms with van der Waals surface area (Å²) >= 11 is 8.18. The van der Waals surface area contributed by atoms with E-state index in [1.54, 1.807) is 11.9 Å². The van der Waals surface area contributed by atoms with Gasteiger partial charge in [0.05, 0.1) is 15.2 Å². The molecule has 18 heavy (non-hydrogen) atoms. The lowest BCUT2D eigenvalue weighted by Gasteiger charge is -2.14. The molecule has 96 valence electrons. The van der Waals surface area contributed by atoms with Crippen molar-refractivity contribution in [1.29, 1.82) is 0 Å². The van der Waals surface area contributed by atoms with Crippen LogP contribution in [0.3, 0.4) is 0 Å². The first kappa shape index (κ1) is 13.8. The predicted molar refractivity (Wildman–Crippen MR) is 79.0 cm³/mol. The van der Waals surface area contributed by atoms with E-state index in [1.807, 2.05) is 25.1 Å². The van der Waals surface area contributed by atoms with Gasteiger partial charge in [-0.15, -0.1) is 11.3 Å². The normalized spacial score (nSPS) is 10.7. The van der Waals surface area contributed by atoms with Gasteiger partial charge in [0, 0.05) is 11.5 Å². The van der Waals surface area contributed by atoms with Crippen molar-refractivity contribution in [2.45, 2.75) is 13.5 Å².